The molecule has 108 valence electrons. The smallest absolute Gasteiger partial charge is 0.266 e. The highest BCUT2D eigenvalue weighted by Gasteiger charge is 2.30. The van der Waals surface area contributed by atoms with Crippen molar-refractivity contribution in [2.75, 3.05) is 7.05 Å². The van der Waals surface area contributed by atoms with Crippen LogP contribution < -0.4 is 0 Å². The van der Waals surface area contributed by atoms with Crippen molar-refractivity contribution >= 4 is 45.4 Å². The predicted octanol–water partition coefficient (Wildman–Crippen LogP) is 3.59. The Hall–Kier alpha value is -1.86. The average Bonchev–Trinajstić information content (AvgIpc) is 3.09. The summed E-state index contributed by atoms with van der Waals surface area (Å²) in [5, 5.41) is 3.22. The molecule has 1 aliphatic rings. The van der Waals surface area contributed by atoms with Crippen LogP contribution in [0.3, 0.4) is 0 Å². The van der Waals surface area contributed by atoms with Crippen molar-refractivity contribution in [3.8, 4) is 0 Å². The van der Waals surface area contributed by atoms with Crippen molar-refractivity contribution < 1.29 is 9.21 Å². The van der Waals surface area contributed by atoms with E-state index in [0.29, 0.717) is 21.0 Å². The number of furan rings is 1. The zero-order chi connectivity index (χ0) is 15.0. The summed E-state index contributed by atoms with van der Waals surface area (Å²) < 4.78 is 5.48. The van der Waals surface area contributed by atoms with Crippen LogP contribution in [0.25, 0.3) is 6.08 Å². The number of thiazole rings is 1. The van der Waals surface area contributed by atoms with Crippen molar-refractivity contribution in [2.45, 2.75) is 13.8 Å². The van der Waals surface area contributed by atoms with E-state index in [0.717, 1.165) is 11.5 Å². The van der Waals surface area contributed by atoms with Gasteiger partial charge in [0, 0.05) is 18.5 Å². The molecule has 1 amide bonds. The molecule has 0 N–H and O–H groups in total. The standard InChI is InChI=1S/C14H13N3O2S2/c1-8-7-20-13(15-8)16-14-17(3)12(18)11(21-14)6-10-5-4-9(2)19-10/h4-7H,1-3H3/b11-6+,16-14+. The van der Waals surface area contributed by atoms with Gasteiger partial charge in [0.2, 0.25) is 5.13 Å². The third-order valence-electron chi connectivity index (χ3n) is 2.84. The highest BCUT2D eigenvalue weighted by molar-refractivity contribution is 8.18. The van der Waals surface area contributed by atoms with Gasteiger partial charge in [0.15, 0.2) is 5.17 Å². The number of hydrogen-bond donors (Lipinski definition) is 0. The van der Waals surface area contributed by atoms with Gasteiger partial charge in [-0.15, -0.1) is 11.3 Å². The van der Waals surface area contributed by atoms with Crippen LogP contribution in [0.4, 0.5) is 5.13 Å². The molecule has 5 nitrogen and oxygen atoms in total. The van der Waals surface area contributed by atoms with Gasteiger partial charge in [-0.1, -0.05) is 0 Å². The van der Waals surface area contributed by atoms with Gasteiger partial charge in [-0.3, -0.25) is 9.69 Å². The molecule has 0 bridgehead atoms. The number of amides is 1. The molecule has 0 unspecified atom stereocenters. The third kappa shape index (κ3) is 2.93. The molecule has 0 aliphatic carbocycles. The number of aromatic nitrogens is 1. The van der Waals surface area contributed by atoms with E-state index in [1.807, 2.05) is 31.4 Å². The minimum Gasteiger partial charge on any atom is -0.462 e. The number of aliphatic imine (C=N–C) groups is 1. The molecule has 2 aromatic rings. The first-order chi connectivity index (χ1) is 10.0. The summed E-state index contributed by atoms with van der Waals surface area (Å²) >= 11 is 2.79. The average molecular weight is 319 g/mol. The van der Waals surface area contributed by atoms with E-state index in [1.54, 1.807) is 13.1 Å². The predicted molar refractivity (Wildman–Crippen MR) is 85.7 cm³/mol. The summed E-state index contributed by atoms with van der Waals surface area (Å²) in [5.74, 6) is 1.40. The lowest BCUT2D eigenvalue weighted by molar-refractivity contribution is -0.121. The van der Waals surface area contributed by atoms with Crippen LogP contribution in [0.2, 0.25) is 0 Å². The van der Waals surface area contributed by atoms with E-state index in [-0.39, 0.29) is 5.91 Å². The maximum absolute atomic E-state index is 12.2. The molecule has 2 aromatic heterocycles. The van der Waals surface area contributed by atoms with Crippen LogP contribution in [-0.4, -0.2) is 28.0 Å². The number of nitrogens with zero attached hydrogens (tertiary/aromatic N) is 3. The van der Waals surface area contributed by atoms with E-state index in [4.69, 9.17) is 4.42 Å². The Bertz CT molecular complexity index is 758. The first kappa shape index (κ1) is 14.1. The molecule has 0 radical (unpaired) electrons. The Kier molecular flexibility index (Phi) is 3.69. The normalized spacial score (nSPS) is 19.2. The first-order valence-electron chi connectivity index (χ1n) is 6.28. The number of hydrogen-bond acceptors (Lipinski definition) is 6. The lowest BCUT2D eigenvalue weighted by Gasteiger charge is -2.05. The van der Waals surface area contributed by atoms with E-state index in [2.05, 4.69) is 9.98 Å². The van der Waals surface area contributed by atoms with Gasteiger partial charge < -0.3 is 4.42 Å². The van der Waals surface area contributed by atoms with E-state index < -0.39 is 0 Å². The van der Waals surface area contributed by atoms with E-state index in [9.17, 15) is 4.79 Å². The molecular weight excluding hydrogens is 306 g/mol. The number of aryl methyl sites for hydroxylation is 2. The van der Waals surface area contributed by atoms with Crippen LogP contribution in [0.15, 0.2) is 31.8 Å². The molecular formula is C14H13N3O2S2. The lowest BCUT2D eigenvalue weighted by Crippen LogP contribution is -2.23. The highest BCUT2D eigenvalue weighted by atomic mass is 32.2. The van der Waals surface area contributed by atoms with Crippen molar-refractivity contribution in [1.29, 1.82) is 0 Å². The molecule has 0 aromatic carbocycles. The number of amidine groups is 1. The van der Waals surface area contributed by atoms with Gasteiger partial charge in [-0.25, -0.2) is 4.98 Å². The van der Waals surface area contributed by atoms with Crippen LogP contribution in [-0.2, 0) is 4.79 Å². The van der Waals surface area contributed by atoms with Crippen molar-refractivity contribution in [2.24, 2.45) is 4.99 Å². The summed E-state index contributed by atoms with van der Waals surface area (Å²) in [6.07, 6.45) is 1.74. The molecule has 0 spiro atoms. The summed E-state index contributed by atoms with van der Waals surface area (Å²) in [7, 11) is 1.71. The van der Waals surface area contributed by atoms with Gasteiger partial charge in [0.1, 0.15) is 11.5 Å². The third-order valence-corrected chi connectivity index (χ3v) is 4.75. The van der Waals surface area contributed by atoms with E-state index >= 15 is 0 Å². The highest BCUT2D eigenvalue weighted by Crippen LogP contribution is 2.33. The van der Waals surface area contributed by atoms with Gasteiger partial charge in [-0.2, -0.15) is 4.99 Å². The Balaban J connectivity index is 1.88. The molecule has 3 rings (SSSR count). The summed E-state index contributed by atoms with van der Waals surface area (Å²) in [4.78, 5) is 23.1. The Morgan fingerprint density at radius 3 is 2.81 bits per heavy atom. The zero-order valence-corrected chi connectivity index (χ0v) is 13.4. The zero-order valence-electron chi connectivity index (χ0n) is 11.8. The number of likely N-dealkylation sites (N-methyl/N-ethyl adjacent to an activating group) is 1. The number of rotatable bonds is 2. The van der Waals surface area contributed by atoms with Crippen LogP contribution >= 0.6 is 23.1 Å². The van der Waals surface area contributed by atoms with Gasteiger partial charge in [-0.05, 0) is 37.7 Å². The maximum Gasteiger partial charge on any atom is 0.266 e. The summed E-state index contributed by atoms with van der Waals surface area (Å²) in [6.45, 7) is 3.79. The number of thioether (sulfide) groups is 1. The van der Waals surface area contributed by atoms with Crippen LogP contribution in [0, 0.1) is 13.8 Å². The lowest BCUT2D eigenvalue weighted by atomic mass is 10.3. The quantitative estimate of drug-likeness (QED) is 0.794. The van der Waals surface area contributed by atoms with Gasteiger partial charge in [0.25, 0.3) is 5.91 Å². The summed E-state index contributed by atoms with van der Waals surface area (Å²) in [6, 6.07) is 3.71. The Morgan fingerprint density at radius 2 is 2.19 bits per heavy atom. The monoisotopic (exact) mass is 319 g/mol. The molecule has 0 atom stereocenters. The number of carbonyl (C=O) groups is 1. The maximum atomic E-state index is 12.2. The fraction of sp³-hybridized carbons (Fsp3) is 0.214. The number of carbonyl (C=O) groups excluding carboxylic acids is 1. The van der Waals surface area contributed by atoms with Crippen molar-refractivity contribution in [3.63, 3.8) is 0 Å². The fourth-order valence-corrected chi connectivity index (χ4v) is 3.46. The minimum absolute atomic E-state index is 0.0823. The van der Waals surface area contributed by atoms with E-state index in [1.165, 1.54) is 28.0 Å². The molecule has 21 heavy (non-hydrogen) atoms. The molecule has 3 heterocycles. The SMILES string of the molecule is Cc1csc(/N=C2/S/C(=C/c3ccc(C)o3)C(=O)N2C)n1. The molecule has 0 saturated carbocycles. The van der Waals surface area contributed by atoms with Gasteiger partial charge in [0.05, 0.1) is 10.6 Å². The molecule has 1 aliphatic heterocycles. The fourth-order valence-electron chi connectivity index (χ4n) is 1.79. The Labute approximate surface area is 130 Å². The second-order valence-electron chi connectivity index (χ2n) is 4.59. The largest absolute Gasteiger partial charge is 0.462 e. The molecule has 1 fully saturated rings. The van der Waals surface area contributed by atoms with Crippen molar-refractivity contribution in [3.05, 3.63) is 39.6 Å². The van der Waals surface area contributed by atoms with Gasteiger partial charge >= 0.3 is 0 Å². The Morgan fingerprint density at radius 1 is 1.38 bits per heavy atom. The second-order valence-corrected chi connectivity index (χ2v) is 6.43. The minimum atomic E-state index is -0.0823. The van der Waals surface area contributed by atoms with Crippen molar-refractivity contribution in [1.82, 2.24) is 9.88 Å². The molecule has 7 heteroatoms. The summed E-state index contributed by atoms with van der Waals surface area (Å²) in [5.41, 5.74) is 0.929. The second kappa shape index (κ2) is 5.50. The topological polar surface area (TPSA) is 58.7 Å². The van der Waals surface area contributed by atoms with Crippen LogP contribution in [0.1, 0.15) is 17.2 Å². The molecule has 1 saturated heterocycles. The van der Waals surface area contributed by atoms with Crippen LogP contribution in [0.5, 0.6) is 0 Å². The first-order valence-corrected chi connectivity index (χ1v) is 7.97.